The Balaban J connectivity index is 3.29. The van der Waals surface area contributed by atoms with E-state index >= 15 is 0 Å². The predicted molar refractivity (Wildman–Crippen MR) is 66.1 cm³/mol. The number of carboxylic acid groups (broad SMARTS) is 1. The van der Waals surface area contributed by atoms with Crippen LogP contribution in [0.25, 0.3) is 0 Å². The van der Waals surface area contributed by atoms with E-state index in [-0.39, 0.29) is 9.77 Å². The number of aryl methyl sites for hydroxylation is 1. The molecule has 2 N–H and O–H groups in total. The zero-order chi connectivity index (χ0) is 13.4. The molecule has 0 aliphatic heterocycles. The summed E-state index contributed by atoms with van der Waals surface area (Å²) >= 11 is 0.959. The van der Waals surface area contributed by atoms with Crippen LogP contribution in [0.3, 0.4) is 0 Å². The second kappa shape index (κ2) is 4.40. The number of carbonyl (C=O) groups is 1. The summed E-state index contributed by atoms with van der Waals surface area (Å²) in [6, 6.07) is 1.37. The van der Waals surface area contributed by atoms with Crippen molar-refractivity contribution in [2.45, 2.75) is 37.4 Å². The number of hydrogen-bond acceptors (Lipinski definition) is 4. The van der Waals surface area contributed by atoms with Crippen molar-refractivity contribution in [3.63, 3.8) is 0 Å². The molecule has 5 nitrogen and oxygen atoms in total. The molecule has 0 saturated heterocycles. The molecule has 0 saturated carbocycles. The minimum absolute atomic E-state index is 0.141. The van der Waals surface area contributed by atoms with Gasteiger partial charge in [-0.05, 0) is 33.8 Å². The average molecular weight is 277 g/mol. The molecule has 0 aliphatic rings. The molecule has 7 heteroatoms. The highest BCUT2D eigenvalue weighted by molar-refractivity contribution is 7.91. The lowest BCUT2D eigenvalue weighted by Crippen LogP contribution is -2.40. The molecular weight excluding hydrogens is 262 g/mol. The van der Waals surface area contributed by atoms with Crippen LogP contribution in [-0.4, -0.2) is 25.0 Å². The van der Waals surface area contributed by atoms with Gasteiger partial charge in [-0.2, -0.15) is 0 Å². The summed E-state index contributed by atoms with van der Waals surface area (Å²) in [5.41, 5.74) is -0.823. The van der Waals surface area contributed by atoms with E-state index in [2.05, 4.69) is 4.72 Å². The summed E-state index contributed by atoms with van der Waals surface area (Å²) in [7, 11) is -3.79. The molecule has 1 rings (SSSR count). The molecule has 0 unspecified atom stereocenters. The van der Waals surface area contributed by atoms with Crippen LogP contribution in [0.4, 0.5) is 0 Å². The van der Waals surface area contributed by atoms with Crippen LogP contribution in [0.2, 0.25) is 0 Å². The van der Waals surface area contributed by atoms with Gasteiger partial charge in [-0.15, -0.1) is 11.3 Å². The molecule has 0 fully saturated rings. The molecule has 96 valence electrons. The van der Waals surface area contributed by atoms with Crippen LogP contribution in [0, 0.1) is 6.92 Å². The SMILES string of the molecule is Cc1cc(C(=O)O)c(S(=O)(=O)NC(C)(C)C)s1. The van der Waals surface area contributed by atoms with Crippen molar-refractivity contribution in [2.75, 3.05) is 0 Å². The Kier molecular flexibility index (Phi) is 3.66. The minimum Gasteiger partial charge on any atom is -0.478 e. The monoisotopic (exact) mass is 277 g/mol. The van der Waals surface area contributed by atoms with Crippen molar-refractivity contribution in [3.8, 4) is 0 Å². The van der Waals surface area contributed by atoms with Crippen molar-refractivity contribution < 1.29 is 18.3 Å². The fraction of sp³-hybridized carbons (Fsp3) is 0.500. The van der Waals surface area contributed by atoms with E-state index < -0.39 is 21.5 Å². The normalized spacial score (nSPS) is 12.7. The quantitative estimate of drug-likeness (QED) is 0.883. The molecule has 1 heterocycles. The van der Waals surface area contributed by atoms with E-state index in [1.54, 1.807) is 27.7 Å². The molecule has 0 spiro atoms. The van der Waals surface area contributed by atoms with Gasteiger partial charge >= 0.3 is 5.97 Å². The first-order valence-corrected chi connectivity index (χ1v) is 7.20. The third kappa shape index (κ3) is 3.52. The summed E-state index contributed by atoms with van der Waals surface area (Å²) in [6.45, 7) is 6.77. The molecule has 1 aromatic heterocycles. The second-order valence-electron chi connectivity index (χ2n) is 4.72. The fourth-order valence-corrected chi connectivity index (χ4v) is 4.31. The molecule has 0 bridgehead atoms. The summed E-state index contributed by atoms with van der Waals surface area (Å²) in [5.74, 6) is -1.23. The summed E-state index contributed by atoms with van der Waals surface area (Å²) in [4.78, 5) is 11.6. The second-order valence-corrected chi connectivity index (χ2v) is 7.85. The van der Waals surface area contributed by atoms with E-state index in [4.69, 9.17) is 5.11 Å². The van der Waals surface area contributed by atoms with E-state index in [9.17, 15) is 13.2 Å². The number of rotatable bonds is 3. The summed E-state index contributed by atoms with van der Waals surface area (Å²) in [5, 5.41) is 8.96. The van der Waals surface area contributed by atoms with Gasteiger partial charge in [0.2, 0.25) is 0 Å². The minimum atomic E-state index is -3.79. The lowest BCUT2D eigenvalue weighted by atomic mass is 10.1. The van der Waals surface area contributed by atoms with Crippen LogP contribution < -0.4 is 4.72 Å². The Hall–Kier alpha value is -0.920. The molecule has 0 atom stereocenters. The molecule has 0 radical (unpaired) electrons. The predicted octanol–water partition coefficient (Wildman–Crippen LogP) is 1.83. The number of thiophene rings is 1. The first-order chi connectivity index (χ1) is 7.53. The van der Waals surface area contributed by atoms with E-state index in [0.717, 1.165) is 11.3 Å². The van der Waals surface area contributed by atoms with Gasteiger partial charge in [0.15, 0.2) is 0 Å². The van der Waals surface area contributed by atoms with Gasteiger partial charge < -0.3 is 5.11 Å². The zero-order valence-electron chi connectivity index (χ0n) is 10.1. The van der Waals surface area contributed by atoms with E-state index in [1.165, 1.54) is 6.07 Å². The molecular formula is C10H15NO4S2. The first kappa shape index (κ1) is 14.1. The maximum atomic E-state index is 12.0. The van der Waals surface area contributed by atoms with Gasteiger partial charge in [0.25, 0.3) is 10.0 Å². The number of sulfonamides is 1. The number of hydrogen-bond donors (Lipinski definition) is 2. The highest BCUT2D eigenvalue weighted by Gasteiger charge is 2.28. The molecule has 1 aromatic rings. The Labute approximate surface area is 105 Å². The first-order valence-electron chi connectivity index (χ1n) is 4.90. The van der Waals surface area contributed by atoms with Crippen molar-refractivity contribution in [1.82, 2.24) is 4.72 Å². The highest BCUT2D eigenvalue weighted by Crippen LogP contribution is 2.27. The Morgan fingerprint density at radius 2 is 1.94 bits per heavy atom. The molecule has 0 amide bonds. The topological polar surface area (TPSA) is 83.5 Å². The van der Waals surface area contributed by atoms with Crippen molar-refractivity contribution in [3.05, 3.63) is 16.5 Å². The molecule has 0 aliphatic carbocycles. The number of carboxylic acids is 1. The van der Waals surface area contributed by atoms with Gasteiger partial charge in [0.1, 0.15) is 4.21 Å². The maximum Gasteiger partial charge on any atom is 0.337 e. The Morgan fingerprint density at radius 1 is 1.41 bits per heavy atom. The van der Waals surface area contributed by atoms with Gasteiger partial charge in [0.05, 0.1) is 5.56 Å². The molecule has 17 heavy (non-hydrogen) atoms. The van der Waals surface area contributed by atoms with Crippen LogP contribution in [0.15, 0.2) is 10.3 Å². The fourth-order valence-electron chi connectivity index (χ4n) is 1.29. The third-order valence-electron chi connectivity index (χ3n) is 1.74. The Bertz CT molecular complexity index is 537. The molecule has 0 aromatic carbocycles. The number of nitrogens with one attached hydrogen (secondary N) is 1. The zero-order valence-corrected chi connectivity index (χ0v) is 11.7. The van der Waals surface area contributed by atoms with Crippen LogP contribution in [-0.2, 0) is 10.0 Å². The van der Waals surface area contributed by atoms with Crippen LogP contribution in [0.1, 0.15) is 36.0 Å². The maximum absolute atomic E-state index is 12.0. The third-order valence-corrected chi connectivity index (χ3v) is 5.08. The highest BCUT2D eigenvalue weighted by atomic mass is 32.2. The average Bonchev–Trinajstić information content (AvgIpc) is 2.43. The van der Waals surface area contributed by atoms with Crippen molar-refractivity contribution in [1.29, 1.82) is 0 Å². The summed E-state index contributed by atoms with van der Waals surface area (Å²) < 4.78 is 26.3. The van der Waals surface area contributed by atoms with Crippen LogP contribution in [0.5, 0.6) is 0 Å². The Morgan fingerprint density at radius 3 is 2.35 bits per heavy atom. The lowest BCUT2D eigenvalue weighted by Gasteiger charge is -2.19. The van der Waals surface area contributed by atoms with Crippen molar-refractivity contribution in [2.24, 2.45) is 0 Å². The standard InChI is InChI=1S/C10H15NO4S2/c1-6-5-7(8(12)13)9(16-6)17(14,15)11-10(2,3)4/h5,11H,1-4H3,(H,12,13). The van der Waals surface area contributed by atoms with Gasteiger partial charge in [0, 0.05) is 10.4 Å². The largest absolute Gasteiger partial charge is 0.478 e. The van der Waals surface area contributed by atoms with E-state index in [0.29, 0.717) is 4.88 Å². The van der Waals surface area contributed by atoms with Gasteiger partial charge in [-0.1, -0.05) is 0 Å². The number of aromatic carboxylic acids is 1. The van der Waals surface area contributed by atoms with E-state index in [1.807, 2.05) is 0 Å². The lowest BCUT2D eigenvalue weighted by molar-refractivity contribution is 0.0693. The summed E-state index contributed by atoms with van der Waals surface area (Å²) in [6.07, 6.45) is 0. The van der Waals surface area contributed by atoms with Gasteiger partial charge in [-0.3, -0.25) is 0 Å². The van der Waals surface area contributed by atoms with Gasteiger partial charge in [-0.25, -0.2) is 17.9 Å². The smallest absolute Gasteiger partial charge is 0.337 e. The van der Waals surface area contributed by atoms with Crippen molar-refractivity contribution >= 4 is 27.3 Å². The van der Waals surface area contributed by atoms with Crippen LogP contribution >= 0.6 is 11.3 Å².